The normalized spacial score (nSPS) is 18.8. The third kappa shape index (κ3) is 5.19. The van der Waals surface area contributed by atoms with E-state index >= 15 is 0 Å². The van der Waals surface area contributed by atoms with Crippen LogP contribution in [0.2, 0.25) is 5.02 Å². The molecule has 3 aromatic carbocycles. The van der Waals surface area contributed by atoms with Crippen LogP contribution in [0, 0.1) is 12.3 Å². The van der Waals surface area contributed by atoms with Crippen molar-refractivity contribution >= 4 is 39.4 Å². The van der Waals surface area contributed by atoms with Gasteiger partial charge in [0.2, 0.25) is 0 Å². The van der Waals surface area contributed by atoms with Crippen LogP contribution in [0.5, 0.6) is 5.75 Å². The van der Waals surface area contributed by atoms with Gasteiger partial charge in [0.15, 0.2) is 0 Å². The number of aromatic nitrogens is 3. The topological polar surface area (TPSA) is 121 Å². The minimum Gasteiger partial charge on any atom is -0.487 e. The van der Waals surface area contributed by atoms with Crippen LogP contribution >= 0.6 is 22.4 Å². The zero-order valence-corrected chi connectivity index (χ0v) is 25.3. The first-order chi connectivity index (χ1) is 19.4. The van der Waals surface area contributed by atoms with Crippen LogP contribution in [0.3, 0.4) is 0 Å². The molecule has 0 saturated heterocycles. The van der Waals surface area contributed by atoms with Gasteiger partial charge >= 0.3 is 5.97 Å². The average molecular weight is 599 g/mol. The summed E-state index contributed by atoms with van der Waals surface area (Å²) in [6, 6.07) is 16.3. The summed E-state index contributed by atoms with van der Waals surface area (Å²) in [5, 5.41) is 19.2. The molecule has 11 heteroatoms. The second kappa shape index (κ2) is 10.9. The standard InChI is InChI=1S/C30H35ClN4O5S/c1-6-21-17-35(41(38,39)26-10-8-7-9-25(26)40-21)16-20-15-19(11-13-23(20)31)27(30(3,4)29(36)37)22-12-14-24-28(18(22)2)32-33-34(24)5/h7-15,21,27,38-39H,6,16-17H2,1-5H3,(H,36,37). The van der Waals surface area contributed by atoms with E-state index in [1.165, 1.54) is 0 Å². The van der Waals surface area contributed by atoms with Crippen molar-refractivity contribution in [2.75, 3.05) is 6.54 Å². The summed E-state index contributed by atoms with van der Waals surface area (Å²) in [5.74, 6) is -1.04. The lowest BCUT2D eigenvalue weighted by Crippen LogP contribution is -2.35. The number of hydrogen-bond acceptors (Lipinski definition) is 7. The molecule has 218 valence electrons. The Morgan fingerprint density at radius 2 is 1.93 bits per heavy atom. The molecule has 41 heavy (non-hydrogen) atoms. The van der Waals surface area contributed by atoms with Crippen LogP contribution < -0.4 is 4.74 Å². The van der Waals surface area contributed by atoms with Gasteiger partial charge in [0, 0.05) is 24.5 Å². The van der Waals surface area contributed by atoms with Gasteiger partial charge in [0.25, 0.3) is 0 Å². The van der Waals surface area contributed by atoms with Crippen molar-refractivity contribution in [2.45, 2.75) is 57.6 Å². The van der Waals surface area contributed by atoms with Gasteiger partial charge < -0.3 is 9.84 Å². The van der Waals surface area contributed by atoms with Crippen LogP contribution in [0.4, 0.5) is 0 Å². The first-order valence-electron chi connectivity index (χ1n) is 13.5. The van der Waals surface area contributed by atoms with Crippen LogP contribution in [0.15, 0.2) is 59.5 Å². The second-order valence-electron chi connectivity index (χ2n) is 11.1. The Morgan fingerprint density at radius 3 is 2.63 bits per heavy atom. The molecule has 0 bridgehead atoms. The van der Waals surface area contributed by atoms with E-state index in [2.05, 4.69) is 10.3 Å². The van der Waals surface area contributed by atoms with Gasteiger partial charge in [-0.25, -0.2) is 4.68 Å². The average Bonchev–Trinajstić information content (AvgIpc) is 3.27. The van der Waals surface area contributed by atoms with E-state index < -0.39 is 28.1 Å². The predicted molar refractivity (Wildman–Crippen MR) is 161 cm³/mol. The molecule has 0 aliphatic carbocycles. The zero-order chi connectivity index (χ0) is 29.7. The van der Waals surface area contributed by atoms with E-state index in [9.17, 15) is 19.0 Å². The van der Waals surface area contributed by atoms with Crippen LogP contribution in [0.1, 0.15) is 55.4 Å². The summed E-state index contributed by atoms with van der Waals surface area (Å²) in [7, 11) is -1.58. The molecule has 1 aromatic heterocycles. The van der Waals surface area contributed by atoms with E-state index in [1.807, 2.05) is 51.2 Å². The number of carbonyl (C=O) groups is 1. The van der Waals surface area contributed by atoms with E-state index in [0.717, 1.165) is 22.2 Å². The number of halogens is 1. The van der Waals surface area contributed by atoms with E-state index in [-0.39, 0.29) is 19.2 Å². The highest BCUT2D eigenvalue weighted by Crippen LogP contribution is 2.57. The van der Waals surface area contributed by atoms with Crippen molar-refractivity contribution < 1.29 is 23.7 Å². The van der Waals surface area contributed by atoms with Gasteiger partial charge in [-0.3, -0.25) is 13.9 Å². The Morgan fingerprint density at radius 1 is 1.20 bits per heavy atom. The molecular weight excluding hydrogens is 564 g/mol. The third-order valence-electron chi connectivity index (χ3n) is 8.07. The molecular formula is C30H35ClN4O5S. The van der Waals surface area contributed by atoms with Gasteiger partial charge in [-0.1, -0.05) is 54.1 Å². The lowest BCUT2D eigenvalue weighted by atomic mass is 9.70. The lowest BCUT2D eigenvalue weighted by molar-refractivity contribution is -0.147. The number of benzene rings is 3. The number of rotatable bonds is 7. The highest BCUT2D eigenvalue weighted by atomic mass is 35.5. The van der Waals surface area contributed by atoms with Crippen molar-refractivity contribution in [3.8, 4) is 5.75 Å². The molecule has 1 aliphatic heterocycles. The summed E-state index contributed by atoms with van der Waals surface area (Å²) >= 11 is 6.71. The van der Waals surface area contributed by atoms with Crippen LogP contribution in [-0.4, -0.2) is 52.1 Å². The summed E-state index contributed by atoms with van der Waals surface area (Å²) < 4.78 is 32.4. The van der Waals surface area contributed by atoms with Gasteiger partial charge in [-0.05, 0) is 73.7 Å². The monoisotopic (exact) mass is 598 g/mol. The smallest absolute Gasteiger partial charge is 0.310 e. The van der Waals surface area contributed by atoms with Crippen molar-refractivity contribution in [3.05, 3.63) is 81.9 Å². The molecule has 4 aromatic rings. The van der Waals surface area contributed by atoms with Crippen LogP contribution in [-0.2, 0) is 18.4 Å². The van der Waals surface area contributed by atoms with Crippen molar-refractivity contribution in [1.82, 2.24) is 19.3 Å². The Balaban J connectivity index is 1.61. The van der Waals surface area contributed by atoms with E-state index in [4.69, 9.17) is 16.3 Å². The fraction of sp³-hybridized carbons (Fsp3) is 0.367. The molecule has 9 nitrogen and oxygen atoms in total. The number of hydrogen-bond donors (Lipinski definition) is 3. The number of aryl methyl sites for hydroxylation is 2. The molecule has 0 amide bonds. The maximum absolute atomic E-state index is 12.6. The predicted octanol–water partition coefficient (Wildman–Crippen LogP) is 6.87. The molecule has 0 radical (unpaired) electrons. The fourth-order valence-corrected chi connectivity index (χ4v) is 7.38. The minimum atomic E-state index is -3.40. The van der Waals surface area contributed by atoms with Gasteiger partial charge in [0.05, 0.1) is 17.5 Å². The molecule has 5 rings (SSSR count). The highest BCUT2D eigenvalue weighted by Gasteiger charge is 2.41. The number of carboxylic acids is 1. The molecule has 0 saturated carbocycles. The number of nitrogens with zero attached hydrogens (tertiary/aromatic N) is 4. The molecule has 2 heterocycles. The molecule has 3 N–H and O–H groups in total. The second-order valence-corrected chi connectivity index (χ2v) is 13.5. The van der Waals surface area contributed by atoms with E-state index in [0.29, 0.717) is 33.2 Å². The molecule has 2 unspecified atom stereocenters. The van der Waals surface area contributed by atoms with Crippen molar-refractivity contribution in [1.29, 1.82) is 0 Å². The number of ether oxygens (including phenoxy) is 1. The SMILES string of the molecule is CCC1CN(Cc2cc(C(c3ccc4c(nnn4C)c3C)C(C)(C)C(=O)O)ccc2Cl)S(O)(O)c2ccccc2O1. The largest absolute Gasteiger partial charge is 0.487 e. The zero-order valence-electron chi connectivity index (χ0n) is 23.7. The Kier molecular flexibility index (Phi) is 7.82. The molecule has 0 fully saturated rings. The summed E-state index contributed by atoms with van der Waals surface area (Å²) in [4.78, 5) is 13.0. The maximum Gasteiger partial charge on any atom is 0.310 e. The number of para-hydroxylation sites is 1. The highest BCUT2D eigenvalue weighted by molar-refractivity contribution is 8.22. The van der Waals surface area contributed by atoms with Gasteiger partial charge in [-0.2, -0.15) is 4.31 Å². The van der Waals surface area contributed by atoms with Crippen molar-refractivity contribution in [2.24, 2.45) is 12.5 Å². The number of fused-ring (bicyclic) bond motifs is 2. The lowest BCUT2D eigenvalue weighted by Gasteiger charge is -2.42. The summed E-state index contributed by atoms with van der Waals surface area (Å²) in [6.45, 7) is 7.75. The quantitative estimate of drug-likeness (QED) is 0.211. The Bertz CT molecular complexity index is 1620. The van der Waals surface area contributed by atoms with Crippen molar-refractivity contribution in [3.63, 3.8) is 0 Å². The maximum atomic E-state index is 12.6. The fourth-order valence-electron chi connectivity index (χ4n) is 5.58. The van der Waals surface area contributed by atoms with Gasteiger partial charge in [-0.15, -0.1) is 15.9 Å². The Labute approximate surface area is 246 Å². The van der Waals surface area contributed by atoms with Crippen LogP contribution in [0.25, 0.3) is 11.0 Å². The molecule has 2 atom stereocenters. The number of carboxylic acid groups (broad SMARTS) is 1. The first-order valence-corrected chi connectivity index (χ1v) is 15.3. The summed E-state index contributed by atoms with van der Waals surface area (Å²) in [6.07, 6.45) is 0.416. The molecule has 1 aliphatic rings. The molecule has 0 spiro atoms. The third-order valence-corrected chi connectivity index (χ3v) is 10.4. The summed E-state index contributed by atoms with van der Waals surface area (Å²) in [5.41, 5.74) is 3.46. The minimum absolute atomic E-state index is 0.131. The Hall–Kier alpha value is -3.15. The first kappa shape index (κ1) is 29.3. The number of aliphatic carboxylic acids is 1. The van der Waals surface area contributed by atoms with Gasteiger partial charge in [0.1, 0.15) is 22.3 Å². The van der Waals surface area contributed by atoms with E-state index in [1.54, 1.807) is 47.1 Å².